The van der Waals surface area contributed by atoms with E-state index in [1.54, 1.807) is 0 Å². The number of alkyl halides is 3. The molecule has 0 radical (unpaired) electrons. The summed E-state index contributed by atoms with van der Waals surface area (Å²) in [4.78, 5) is 26.8. The Balaban J connectivity index is 0.000000616. The number of carboxylic acids is 1. The number of urea groups is 1. The maximum absolute atomic E-state index is 13.3. The molecule has 0 spiro atoms. The largest absolute Gasteiger partial charge is 0.490 e. The molecule has 0 aromatic heterocycles. The Hall–Kier alpha value is -3.85. The van der Waals surface area contributed by atoms with Crippen molar-refractivity contribution in [3.63, 3.8) is 0 Å². The number of piperidine rings is 1. The maximum atomic E-state index is 13.3. The average Bonchev–Trinajstić information content (AvgIpc) is 2.96. The monoisotopic (exact) mass is 583 g/mol. The van der Waals surface area contributed by atoms with Crippen LogP contribution < -0.4 is 5.32 Å². The van der Waals surface area contributed by atoms with Crippen LogP contribution in [0.2, 0.25) is 0 Å². The van der Waals surface area contributed by atoms with Gasteiger partial charge in [0.05, 0.1) is 0 Å². The predicted octanol–water partition coefficient (Wildman–Crippen LogP) is 7.32. The number of hydrogen-bond acceptors (Lipinski definition) is 3. The van der Waals surface area contributed by atoms with Gasteiger partial charge < -0.3 is 20.2 Å². The molecule has 0 unspecified atom stereocenters. The molecule has 42 heavy (non-hydrogen) atoms. The van der Waals surface area contributed by atoms with E-state index in [1.165, 1.54) is 24.8 Å². The zero-order chi connectivity index (χ0) is 30.5. The van der Waals surface area contributed by atoms with E-state index in [9.17, 15) is 18.0 Å². The van der Waals surface area contributed by atoms with E-state index in [2.05, 4.69) is 52.7 Å². The number of hydrogen-bond donors (Lipinski definition) is 2. The first kappa shape index (κ1) is 32.7. The van der Waals surface area contributed by atoms with Crippen LogP contribution in [0.3, 0.4) is 0 Å². The molecule has 1 aliphatic rings. The summed E-state index contributed by atoms with van der Waals surface area (Å²) in [6.45, 7) is 8.82. The lowest BCUT2D eigenvalue weighted by Crippen LogP contribution is -2.39. The summed E-state index contributed by atoms with van der Waals surface area (Å²) in [5.74, 6) is -1.97. The highest BCUT2D eigenvalue weighted by Gasteiger charge is 2.38. The molecule has 3 aromatic rings. The molecule has 0 aliphatic carbocycles. The SMILES string of the molecule is Cc1cccc(C)c1NC(=O)N(CCCN1CCC(Cc2ccccc2)CC1)Cc1ccccc1.O=C(O)C(F)(F)F. The number of carbonyl (C=O) groups is 2. The molecule has 4 rings (SSSR count). The molecule has 9 heteroatoms. The quantitative estimate of drug-likeness (QED) is 0.277. The first-order valence-corrected chi connectivity index (χ1v) is 14.3. The van der Waals surface area contributed by atoms with Crippen LogP contribution in [0, 0.1) is 19.8 Å². The summed E-state index contributed by atoms with van der Waals surface area (Å²) in [5.41, 5.74) is 5.73. The standard InChI is InChI=1S/C31H39N3O.C2HF3O2/c1-25-11-9-12-26(2)30(25)32-31(35)34(24-29-15-7-4-8-16-29)20-10-19-33-21-17-28(18-22-33)23-27-13-5-3-6-14-27;3-2(4,5)1(6)7/h3-9,11-16,28H,10,17-24H2,1-2H3,(H,32,35);(H,6,7). The second-order valence-electron chi connectivity index (χ2n) is 10.7. The van der Waals surface area contributed by atoms with Crippen molar-refractivity contribution in [1.29, 1.82) is 0 Å². The molecule has 1 saturated heterocycles. The van der Waals surface area contributed by atoms with Crippen LogP contribution in [0.5, 0.6) is 0 Å². The number of aryl methyl sites for hydroxylation is 2. The average molecular weight is 584 g/mol. The van der Waals surface area contributed by atoms with Crippen LogP contribution >= 0.6 is 0 Å². The third kappa shape index (κ3) is 10.9. The normalized spacial score (nSPS) is 14.0. The Labute approximate surface area is 246 Å². The maximum Gasteiger partial charge on any atom is 0.490 e. The van der Waals surface area contributed by atoms with Crippen LogP contribution in [0.4, 0.5) is 23.7 Å². The Morgan fingerprint density at radius 1 is 0.881 bits per heavy atom. The van der Waals surface area contributed by atoms with E-state index >= 15 is 0 Å². The topological polar surface area (TPSA) is 72.9 Å². The van der Waals surface area contributed by atoms with Gasteiger partial charge in [-0.2, -0.15) is 13.2 Å². The highest BCUT2D eigenvalue weighted by Crippen LogP contribution is 2.23. The molecule has 0 saturated carbocycles. The Morgan fingerprint density at radius 2 is 1.40 bits per heavy atom. The highest BCUT2D eigenvalue weighted by molar-refractivity contribution is 5.91. The minimum absolute atomic E-state index is 0.0205. The van der Waals surface area contributed by atoms with Crippen LogP contribution in [0.25, 0.3) is 0 Å². The first-order valence-electron chi connectivity index (χ1n) is 14.3. The molecule has 6 nitrogen and oxygen atoms in total. The van der Waals surface area contributed by atoms with Crippen LogP contribution in [-0.2, 0) is 17.8 Å². The number of amides is 2. The molecular weight excluding hydrogens is 543 g/mol. The van der Waals surface area contributed by atoms with Crippen molar-refractivity contribution in [3.8, 4) is 0 Å². The number of anilines is 1. The zero-order valence-corrected chi connectivity index (χ0v) is 24.2. The number of rotatable bonds is 9. The predicted molar refractivity (Wildman–Crippen MR) is 159 cm³/mol. The van der Waals surface area contributed by atoms with Gasteiger partial charge in [0, 0.05) is 18.8 Å². The minimum atomic E-state index is -5.08. The lowest BCUT2D eigenvalue weighted by Gasteiger charge is -2.33. The van der Waals surface area contributed by atoms with Crippen LogP contribution in [-0.4, -0.2) is 59.3 Å². The Kier molecular flexibility index (Phi) is 12.4. The molecule has 1 aliphatic heterocycles. The van der Waals surface area contributed by atoms with Gasteiger partial charge in [-0.25, -0.2) is 9.59 Å². The van der Waals surface area contributed by atoms with Gasteiger partial charge in [0.15, 0.2) is 0 Å². The summed E-state index contributed by atoms with van der Waals surface area (Å²) in [6.07, 6.45) is -0.389. The van der Waals surface area contributed by atoms with Crippen LogP contribution in [0.1, 0.15) is 41.5 Å². The van der Waals surface area contributed by atoms with Gasteiger partial charge in [-0.05, 0) is 87.3 Å². The van der Waals surface area contributed by atoms with Gasteiger partial charge in [-0.15, -0.1) is 0 Å². The van der Waals surface area contributed by atoms with E-state index in [0.717, 1.165) is 60.9 Å². The molecule has 3 aromatic carbocycles. The summed E-state index contributed by atoms with van der Waals surface area (Å²) in [6, 6.07) is 27.3. The molecule has 2 N–H and O–H groups in total. The highest BCUT2D eigenvalue weighted by atomic mass is 19.4. The molecule has 1 fully saturated rings. The summed E-state index contributed by atoms with van der Waals surface area (Å²) < 4.78 is 31.7. The second kappa shape index (κ2) is 16.0. The second-order valence-corrected chi connectivity index (χ2v) is 10.7. The summed E-state index contributed by atoms with van der Waals surface area (Å²) in [5, 5.41) is 10.3. The number of halogens is 3. The van der Waals surface area contributed by atoms with Crippen LogP contribution in [0.15, 0.2) is 78.9 Å². The number of aliphatic carboxylic acids is 1. The lowest BCUT2D eigenvalue weighted by atomic mass is 9.90. The fraction of sp³-hybridized carbons (Fsp3) is 0.394. The van der Waals surface area contributed by atoms with Gasteiger partial charge in [0.2, 0.25) is 0 Å². The van der Waals surface area contributed by atoms with Crippen molar-refractivity contribution >= 4 is 17.7 Å². The molecule has 0 atom stereocenters. The number of nitrogens with one attached hydrogen (secondary N) is 1. The van der Waals surface area contributed by atoms with Gasteiger partial charge in [0.25, 0.3) is 0 Å². The fourth-order valence-electron chi connectivity index (χ4n) is 5.10. The van der Waals surface area contributed by atoms with Crippen molar-refractivity contribution in [2.75, 3.05) is 31.5 Å². The van der Waals surface area contributed by atoms with Gasteiger partial charge >= 0.3 is 18.2 Å². The molecule has 2 amide bonds. The molecule has 0 bridgehead atoms. The summed E-state index contributed by atoms with van der Waals surface area (Å²) in [7, 11) is 0. The van der Waals surface area contributed by atoms with Crippen molar-refractivity contribution in [1.82, 2.24) is 9.80 Å². The van der Waals surface area contributed by atoms with Gasteiger partial charge in [-0.3, -0.25) is 0 Å². The van der Waals surface area contributed by atoms with Crippen molar-refractivity contribution in [2.24, 2.45) is 5.92 Å². The van der Waals surface area contributed by atoms with Crippen molar-refractivity contribution < 1.29 is 27.9 Å². The number of benzene rings is 3. The molecule has 226 valence electrons. The van der Waals surface area contributed by atoms with E-state index < -0.39 is 12.1 Å². The van der Waals surface area contributed by atoms with E-state index in [-0.39, 0.29) is 6.03 Å². The van der Waals surface area contributed by atoms with Crippen molar-refractivity contribution in [2.45, 2.75) is 52.3 Å². The van der Waals surface area contributed by atoms with Gasteiger partial charge in [0.1, 0.15) is 0 Å². The first-order chi connectivity index (χ1) is 20.0. The third-order valence-electron chi connectivity index (χ3n) is 7.44. The third-order valence-corrected chi connectivity index (χ3v) is 7.44. The van der Waals surface area contributed by atoms with E-state index in [4.69, 9.17) is 9.90 Å². The summed E-state index contributed by atoms with van der Waals surface area (Å²) >= 11 is 0. The fourth-order valence-corrected chi connectivity index (χ4v) is 5.10. The van der Waals surface area contributed by atoms with Gasteiger partial charge in [-0.1, -0.05) is 78.9 Å². The Morgan fingerprint density at radius 3 is 1.93 bits per heavy atom. The smallest absolute Gasteiger partial charge is 0.475 e. The number of likely N-dealkylation sites (tertiary alicyclic amines) is 1. The minimum Gasteiger partial charge on any atom is -0.475 e. The molecule has 1 heterocycles. The van der Waals surface area contributed by atoms with E-state index in [1.807, 2.05) is 55.1 Å². The Bertz CT molecular complexity index is 1240. The number of para-hydroxylation sites is 1. The number of carboxylic acid groups (broad SMARTS) is 1. The van der Waals surface area contributed by atoms with E-state index in [0.29, 0.717) is 6.54 Å². The molecular formula is C33H40F3N3O3. The van der Waals surface area contributed by atoms with Crippen molar-refractivity contribution in [3.05, 3.63) is 101 Å². The number of carbonyl (C=O) groups excluding carboxylic acids is 1. The number of nitrogens with zero attached hydrogens (tertiary/aromatic N) is 2. The zero-order valence-electron chi connectivity index (χ0n) is 24.2. The lowest BCUT2D eigenvalue weighted by molar-refractivity contribution is -0.192.